The molecule has 2 amide bonds. The summed E-state index contributed by atoms with van der Waals surface area (Å²) in [5, 5.41) is 2.12. The molecule has 2 aromatic rings. The Morgan fingerprint density at radius 2 is 1.57 bits per heavy atom. The topological polar surface area (TPSA) is 49.4 Å². The van der Waals surface area contributed by atoms with Crippen molar-refractivity contribution in [1.29, 1.82) is 0 Å². The van der Waals surface area contributed by atoms with Crippen molar-refractivity contribution in [3.05, 3.63) is 71.8 Å². The monoisotopic (exact) mass is 428 g/mol. The summed E-state index contributed by atoms with van der Waals surface area (Å²) in [6.45, 7) is 3.25. The van der Waals surface area contributed by atoms with Crippen LogP contribution in [0, 0.1) is 0 Å². The second kappa shape index (κ2) is 7.51. The van der Waals surface area contributed by atoms with E-state index in [4.69, 9.17) is 0 Å². The first-order valence-corrected chi connectivity index (χ1v) is 8.55. The van der Waals surface area contributed by atoms with Gasteiger partial charge in [-0.3, -0.25) is 9.59 Å². The van der Waals surface area contributed by atoms with Crippen molar-refractivity contribution in [3.63, 3.8) is 0 Å². The van der Waals surface area contributed by atoms with Gasteiger partial charge in [0, 0.05) is 17.9 Å². The number of nitrogens with one attached hydrogen (secondary N) is 1. The highest BCUT2D eigenvalue weighted by Crippen LogP contribution is 2.39. The second-order valence-electron chi connectivity index (χ2n) is 6.55. The van der Waals surface area contributed by atoms with Crippen LogP contribution >= 0.6 is 0 Å². The van der Waals surface area contributed by atoms with Crippen LogP contribution in [0.2, 0.25) is 0 Å². The Kier molecular flexibility index (Phi) is 5.36. The molecule has 10 heteroatoms. The third-order valence-corrected chi connectivity index (χ3v) is 4.58. The minimum atomic E-state index is -5.03. The Morgan fingerprint density at radius 1 is 1.00 bits per heavy atom. The van der Waals surface area contributed by atoms with Crippen molar-refractivity contribution in [3.8, 4) is 0 Å². The fourth-order valence-electron chi connectivity index (χ4n) is 3.21. The Labute approximate surface area is 166 Å². The molecule has 0 spiro atoms. The number of hydrogen-bond donors (Lipinski definition) is 1. The second-order valence-corrected chi connectivity index (χ2v) is 6.55. The Balaban J connectivity index is 1.95. The lowest BCUT2D eigenvalue weighted by Crippen LogP contribution is -2.31. The summed E-state index contributed by atoms with van der Waals surface area (Å²) in [7, 11) is 0. The minimum absolute atomic E-state index is 0.0228. The molecule has 0 fully saturated rings. The van der Waals surface area contributed by atoms with E-state index in [1.807, 2.05) is 0 Å². The maximum Gasteiger partial charge on any atom is 0.416 e. The molecule has 0 bridgehead atoms. The molecule has 0 saturated heterocycles. The molecule has 1 unspecified atom stereocenters. The standard InChI is InChI=1S/C20H14F6N2O2/c1-2-17(29)28-10-15(14-5-3-4-6-16(14)28)18(30)27-13-8-11(19(21,22)23)7-12(9-13)20(24,25)26/h2-9,15H,1,10H2,(H,27,30). The number of hydrogen-bond acceptors (Lipinski definition) is 2. The molecule has 4 nitrogen and oxygen atoms in total. The first kappa shape index (κ1) is 21.4. The lowest BCUT2D eigenvalue weighted by atomic mass is 10.00. The van der Waals surface area contributed by atoms with Gasteiger partial charge in [-0.2, -0.15) is 26.3 Å². The fraction of sp³-hybridized carbons (Fsp3) is 0.200. The van der Waals surface area contributed by atoms with Crippen molar-refractivity contribution < 1.29 is 35.9 Å². The van der Waals surface area contributed by atoms with Gasteiger partial charge in [-0.15, -0.1) is 0 Å². The average molecular weight is 428 g/mol. The first-order valence-electron chi connectivity index (χ1n) is 8.55. The van der Waals surface area contributed by atoms with E-state index >= 15 is 0 Å². The number of nitrogens with zero attached hydrogens (tertiary/aromatic N) is 1. The van der Waals surface area contributed by atoms with E-state index < -0.39 is 46.9 Å². The Morgan fingerprint density at radius 3 is 2.10 bits per heavy atom. The number of anilines is 2. The summed E-state index contributed by atoms with van der Waals surface area (Å²) in [5.41, 5.74) is -2.88. The van der Waals surface area contributed by atoms with E-state index in [1.165, 1.54) is 4.90 Å². The Hall–Kier alpha value is -3.30. The summed E-state index contributed by atoms with van der Waals surface area (Å²) in [6.07, 6.45) is -9.03. The van der Waals surface area contributed by atoms with E-state index in [0.717, 1.165) is 6.08 Å². The molecule has 1 aliphatic rings. The van der Waals surface area contributed by atoms with Crippen LogP contribution in [0.1, 0.15) is 22.6 Å². The summed E-state index contributed by atoms with van der Waals surface area (Å²) in [5.74, 6) is -2.31. The van der Waals surface area contributed by atoms with Gasteiger partial charge in [0.25, 0.3) is 0 Å². The van der Waals surface area contributed by atoms with Crippen molar-refractivity contribution >= 4 is 23.2 Å². The van der Waals surface area contributed by atoms with Gasteiger partial charge in [-0.05, 0) is 35.9 Å². The van der Waals surface area contributed by atoms with Crippen molar-refractivity contribution in [1.82, 2.24) is 0 Å². The van der Waals surface area contributed by atoms with Crippen LogP contribution in [0.25, 0.3) is 0 Å². The molecular weight excluding hydrogens is 414 g/mol. The van der Waals surface area contributed by atoms with Crippen LogP contribution in [0.4, 0.5) is 37.7 Å². The number of para-hydroxylation sites is 1. The summed E-state index contributed by atoms with van der Waals surface area (Å²) >= 11 is 0. The molecule has 1 aliphatic heterocycles. The highest BCUT2D eigenvalue weighted by Gasteiger charge is 2.38. The third kappa shape index (κ3) is 4.17. The molecule has 1 N–H and O–H groups in total. The molecule has 3 rings (SSSR count). The predicted octanol–water partition coefficient (Wildman–Crippen LogP) is 4.98. The number of carbonyl (C=O) groups is 2. The van der Waals surface area contributed by atoms with E-state index in [-0.39, 0.29) is 12.6 Å². The van der Waals surface area contributed by atoms with E-state index in [9.17, 15) is 35.9 Å². The predicted molar refractivity (Wildman–Crippen MR) is 96.8 cm³/mol. The van der Waals surface area contributed by atoms with Crippen LogP contribution < -0.4 is 10.2 Å². The molecule has 2 aromatic carbocycles. The summed E-state index contributed by atoms with van der Waals surface area (Å²) < 4.78 is 78.1. The molecular formula is C20H14F6N2O2. The molecule has 0 radical (unpaired) electrons. The lowest BCUT2D eigenvalue weighted by Gasteiger charge is -2.17. The van der Waals surface area contributed by atoms with Crippen LogP contribution in [-0.4, -0.2) is 18.4 Å². The zero-order valence-corrected chi connectivity index (χ0v) is 15.1. The molecule has 30 heavy (non-hydrogen) atoms. The van der Waals surface area contributed by atoms with E-state index in [1.54, 1.807) is 24.3 Å². The molecule has 0 aromatic heterocycles. The highest BCUT2D eigenvalue weighted by atomic mass is 19.4. The van der Waals surface area contributed by atoms with Crippen molar-refractivity contribution in [2.45, 2.75) is 18.3 Å². The summed E-state index contributed by atoms with van der Waals surface area (Å²) in [4.78, 5) is 26.0. The zero-order valence-electron chi connectivity index (χ0n) is 15.1. The number of alkyl halides is 6. The van der Waals surface area contributed by atoms with Gasteiger partial charge in [-0.1, -0.05) is 24.8 Å². The van der Waals surface area contributed by atoms with Crippen LogP contribution in [-0.2, 0) is 21.9 Å². The normalized spacial score (nSPS) is 16.2. The lowest BCUT2D eigenvalue weighted by molar-refractivity contribution is -0.143. The first-order chi connectivity index (χ1) is 13.9. The molecule has 0 aliphatic carbocycles. The maximum absolute atomic E-state index is 13.0. The summed E-state index contributed by atoms with van der Waals surface area (Å²) in [6, 6.07) is 7.21. The van der Waals surface area contributed by atoms with Gasteiger partial charge in [0.2, 0.25) is 11.8 Å². The van der Waals surface area contributed by atoms with Crippen LogP contribution in [0.5, 0.6) is 0 Å². The van der Waals surface area contributed by atoms with Crippen molar-refractivity contribution in [2.75, 3.05) is 16.8 Å². The van der Waals surface area contributed by atoms with E-state index in [2.05, 4.69) is 11.9 Å². The number of halogens is 6. The van der Waals surface area contributed by atoms with Gasteiger partial charge in [0.1, 0.15) is 0 Å². The molecule has 0 saturated carbocycles. The average Bonchev–Trinajstić information content (AvgIpc) is 3.05. The van der Waals surface area contributed by atoms with Crippen LogP contribution in [0.3, 0.4) is 0 Å². The van der Waals surface area contributed by atoms with E-state index in [0.29, 0.717) is 23.4 Å². The molecule has 1 atom stereocenters. The van der Waals surface area contributed by atoms with Gasteiger partial charge >= 0.3 is 12.4 Å². The van der Waals surface area contributed by atoms with Gasteiger partial charge < -0.3 is 10.2 Å². The number of rotatable bonds is 3. The Bertz CT molecular complexity index is 981. The smallest absolute Gasteiger partial charge is 0.325 e. The van der Waals surface area contributed by atoms with Crippen LogP contribution in [0.15, 0.2) is 55.1 Å². The molecule has 158 valence electrons. The number of amides is 2. The quantitative estimate of drug-likeness (QED) is 0.554. The highest BCUT2D eigenvalue weighted by molar-refractivity contribution is 6.07. The third-order valence-electron chi connectivity index (χ3n) is 4.58. The SMILES string of the molecule is C=CC(=O)N1CC(C(=O)Nc2cc(C(F)(F)F)cc(C(F)(F)F)c2)c2ccccc21. The van der Waals surface area contributed by atoms with Gasteiger partial charge in [0.05, 0.1) is 17.0 Å². The number of carbonyl (C=O) groups excluding carboxylic acids is 2. The van der Waals surface area contributed by atoms with Gasteiger partial charge in [0.15, 0.2) is 0 Å². The number of fused-ring (bicyclic) bond motifs is 1. The maximum atomic E-state index is 13.0. The number of benzene rings is 2. The minimum Gasteiger partial charge on any atom is -0.325 e. The largest absolute Gasteiger partial charge is 0.416 e. The molecule has 1 heterocycles. The van der Waals surface area contributed by atoms with Crippen molar-refractivity contribution in [2.24, 2.45) is 0 Å². The van der Waals surface area contributed by atoms with Gasteiger partial charge in [-0.25, -0.2) is 0 Å². The zero-order chi connectivity index (χ0) is 22.3. The fourth-order valence-corrected chi connectivity index (χ4v) is 3.21.